The summed E-state index contributed by atoms with van der Waals surface area (Å²) in [7, 11) is -3.64. The lowest BCUT2D eigenvalue weighted by Crippen LogP contribution is -2.50. The van der Waals surface area contributed by atoms with Crippen molar-refractivity contribution >= 4 is 21.6 Å². The molecule has 178 valence electrons. The Morgan fingerprint density at radius 2 is 1.85 bits per heavy atom. The van der Waals surface area contributed by atoms with Gasteiger partial charge in [-0.15, -0.1) is 0 Å². The summed E-state index contributed by atoms with van der Waals surface area (Å²) in [6, 6.07) is 6.30. The molecule has 0 N–H and O–H groups in total. The highest BCUT2D eigenvalue weighted by atomic mass is 32.2. The predicted molar refractivity (Wildman–Crippen MR) is 108 cm³/mol. The van der Waals surface area contributed by atoms with E-state index >= 15 is 0 Å². The van der Waals surface area contributed by atoms with Crippen molar-refractivity contribution in [1.29, 1.82) is 0 Å². The minimum absolute atomic E-state index is 0.0371. The predicted octanol–water partition coefficient (Wildman–Crippen LogP) is 5.07. The van der Waals surface area contributed by atoms with Crippen LogP contribution in [0.3, 0.4) is 0 Å². The first-order chi connectivity index (χ1) is 15.3. The molecule has 0 radical (unpaired) electrons. The lowest BCUT2D eigenvalue weighted by atomic mass is 10.0. The van der Waals surface area contributed by atoms with E-state index in [0.29, 0.717) is 11.5 Å². The molecule has 1 aliphatic heterocycles. The van der Waals surface area contributed by atoms with Gasteiger partial charge in [-0.1, -0.05) is 13.0 Å². The molecule has 1 amide bonds. The number of carbonyl (C=O) groups excluding carboxylic acids is 1. The van der Waals surface area contributed by atoms with E-state index in [9.17, 15) is 35.2 Å². The van der Waals surface area contributed by atoms with Gasteiger partial charge in [0.15, 0.2) is 9.84 Å². The van der Waals surface area contributed by atoms with Crippen molar-refractivity contribution in [3.05, 3.63) is 41.6 Å². The first-order valence-corrected chi connectivity index (χ1v) is 11.7. The number of sulfone groups is 1. The molecule has 0 unspecified atom stereocenters. The molecule has 2 aliphatic rings. The summed E-state index contributed by atoms with van der Waals surface area (Å²) < 4.78 is 95.3. The van der Waals surface area contributed by atoms with Crippen molar-refractivity contribution in [3.8, 4) is 11.3 Å². The van der Waals surface area contributed by atoms with E-state index in [1.165, 1.54) is 19.1 Å². The first-order valence-electron chi connectivity index (χ1n) is 10.1. The summed E-state index contributed by atoms with van der Waals surface area (Å²) in [6.45, 7) is -0.849. The molecule has 0 bridgehead atoms. The van der Waals surface area contributed by atoms with Gasteiger partial charge in [0.1, 0.15) is 13.2 Å². The fourth-order valence-corrected chi connectivity index (χ4v) is 4.68. The third-order valence-electron chi connectivity index (χ3n) is 5.64. The molecule has 4 rings (SSSR count). The molecule has 33 heavy (non-hydrogen) atoms. The van der Waals surface area contributed by atoms with Crippen LogP contribution in [0.1, 0.15) is 36.8 Å². The zero-order valence-electron chi connectivity index (χ0n) is 17.3. The molecule has 1 saturated carbocycles. The molecular weight excluding hydrogens is 471 g/mol. The van der Waals surface area contributed by atoms with Crippen LogP contribution in [0.15, 0.2) is 35.4 Å². The van der Waals surface area contributed by atoms with E-state index in [4.69, 9.17) is 4.74 Å². The lowest BCUT2D eigenvalue weighted by molar-refractivity contribution is -0.276. The number of hydrogen-bond acceptors (Lipinski definition) is 5. The lowest BCUT2D eigenvalue weighted by Gasteiger charge is -2.32. The van der Waals surface area contributed by atoms with E-state index in [2.05, 4.69) is 4.98 Å². The van der Waals surface area contributed by atoms with Crippen LogP contribution in [0.4, 0.5) is 32.4 Å². The number of alkyl halides is 5. The maximum absolute atomic E-state index is 13.6. The van der Waals surface area contributed by atoms with Crippen LogP contribution in [0.5, 0.6) is 0 Å². The van der Waals surface area contributed by atoms with E-state index in [0.717, 1.165) is 24.6 Å². The Bertz CT molecular complexity index is 1210. The topological polar surface area (TPSA) is 76.6 Å². The average molecular weight is 490 g/mol. The Morgan fingerprint density at radius 3 is 2.45 bits per heavy atom. The number of benzene rings is 1. The molecule has 1 aliphatic carbocycles. The minimum Gasteiger partial charge on any atom is -0.444 e. The Hall–Kier alpha value is -2.76. The van der Waals surface area contributed by atoms with Crippen molar-refractivity contribution < 1.29 is 39.9 Å². The highest BCUT2D eigenvalue weighted by molar-refractivity contribution is 7.91. The largest absolute Gasteiger partial charge is 0.455 e. The molecule has 1 aromatic carbocycles. The van der Waals surface area contributed by atoms with E-state index in [1.54, 1.807) is 12.1 Å². The van der Waals surface area contributed by atoms with Crippen molar-refractivity contribution in [1.82, 2.24) is 4.98 Å². The van der Waals surface area contributed by atoms with Crippen LogP contribution < -0.4 is 4.90 Å². The van der Waals surface area contributed by atoms with Gasteiger partial charge in [0.25, 0.3) is 0 Å². The number of halogens is 5. The molecule has 12 heteroatoms. The summed E-state index contributed by atoms with van der Waals surface area (Å²) in [6.07, 6.45) is -4.29. The Labute approximate surface area is 186 Å². The molecule has 2 aromatic rings. The molecule has 2 heterocycles. The molecule has 6 nitrogen and oxygen atoms in total. The molecule has 1 aromatic heterocycles. The first kappa shape index (κ1) is 23.4. The van der Waals surface area contributed by atoms with Crippen LogP contribution in [0, 0.1) is 0 Å². The number of aromatic nitrogens is 1. The molecule has 0 saturated heterocycles. The van der Waals surface area contributed by atoms with Gasteiger partial charge in [0, 0.05) is 11.1 Å². The fourth-order valence-electron chi connectivity index (χ4n) is 3.59. The second kappa shape index (κ2) is 7.93. The van der Waals surface area contributed by atoms with E-state index < -0.39 is 34.6 Å². The zero-order chi connectivity index (χ0) is 24.2. The fraction of sp³-hybridized carbons (Fsp3) is 0.429. The average Bonchev–Trinajstić information content (AvgIpc) is 3.59. The Balaban J connectivity index is 1.78. The number of nitrogens with zero attached hydrogens (tertiary/aromatic N) is 2. The standard InChI is InChI=1S/C21H19F5N2O4S/c1-2-33(30,31)18-6-5-13(12-3-4-12)7-15(18)16-8-14-10-32-19(29)28(17(14)9-27-16)11-20(22,23)21(24,25)26/h5-9,12H,2-4,10-11H2,1H3. The number of cyclic esters (lactones) is 1. The second-order valence-corrected chi connectivity index (χ2v) is 10.2. The van der Waals surface area contributed by atoms with Crippen LogP contribution in [0.2, 0.25) is 0 Å². The van der Waals surface area contributed by atoms with Gasteiger partial charge in [-0.25, -0.2) is 13.2 Å². The zero-order valence-corrected chi connectivity index (χ0v) is 18.1. The van der Waals surface area contributed by atoms with Gasteiger partial charge in [-0.3, -0.25) is 9.88 Å². The summed E-state index contributed by atoms with van der Waals surface area (Å²) in [5.41, 5.74) is 1.29. The number of ether oxygens (including phenoxy) is 1. The third kappa shape index (κ3) is 4.40. The highest BCUT2D eigenvalue weighted by Crippen LogP contribution is 2.43. The number of amides is 1. The quantitative estimate of drug-likeness (QED) is 0.529. The van der Waals surface area contributed by atoms with Gasteiger partial charge in [-0.2, -0.15) is 22.0 Å². The SMILES string of the molecule is CCS(=O)(=O)c1ccc(C2CC2)cc1-c1cc2c(cn1)N(CC(F)(F)C(F)(F)F)C(=O)OC2. The summed E-state index contributed by atoms with van der Waals surface area (Å²) in [4.78, 5) is 16.3. The van der Waals surface area contributed by atoms with Crippen LogP contribution in [-0.4, -0.2) is 43.9 Å². The smallest absolute Gasteiger partial charge is 0.444 e. The third-order valence-corrected chi connectivity index (χ3v) is 7.43. The normalized spacial score (nSPS) is 17.0. The van der Waals surface area contributed by atoms with Gasteiger partial charge in [0.05, 0.1) is 28.2 Å². The summed E-state index contributed by atoms with van der Waals surface area (Å²) in [5, 5.41) is 0. The Morgan fingerprint density at radius 1 is 1.15 bits per heavy atom. The summed E-state index contributed by atoms with van der Waals surface area (Å²) in [5.74, 6) is -5.02. The highest BCUT2D eigenvalue weighted by Gasteiger charge is 2.59. The van der Waals surface area contributed by atoms with Gasteiger partial charge in [-0.05, 0) is 42.5 Å². The minimum atomic E-state index is -5.86. The maximum atomic E-state index is 13.6. The van der Waals surface area contributed by atoms with Crippen molar-refractivity contribution in [2.75, 3.05) is 17.2 Å². The number of hydrogen-bond donors (Lipinski definition) is 0. The second-order valence-electron chi connectivity index (χ2n) is 7.97. The molecular formula is C21H19F5N2O4S. The number of carbonyl (C=O) groups is 1. The van der Waals surface area contributed by atoms with Crippen LogP contribution in [0.25, 0.3) is 11.3 Å². The number of rotatable bonds is 6. The number of anilines is 1. The monoisotopic (exact) mass is 490 g/mol. The molecule has 0 spiro atoms. The Kier molecular flexibility index (Phi) is 5.62. The summed E-state index contributed by atoms with van der Waals surface area (Å²) >= 11 is 0. The van der Waals surface area contributed by atoms with Crippen molar-refractivity contribution in [2.24, 2.45) is 0 Å². The van der Waals surface area contributed by atoms with Gasteiger partial charge >= 0.3 is 18.2 Å². The number of fused-ring (bicyclic) bond motifs is 1. The number of pyridine rings is 1. The van der Waals surface area contributed by atoms with Crippen molar-refractivity contribution in [2.45, 2.75) is 49.3 Å². The van der Waals surface area contributed by atoms with Crippen LogP contribution >= 0.6 is 0 Å². The maximum Gasteiger partial charge on any atom is 0.455 e. The molecule has 0 atom stereocenters. The molecule has 1 fully saturated rings. The van der Waals surface area contributed by atoms with E-state index in [1.807, 2.05) is 0 Å². The van der Waals surface area contributed by atoms with Gasteiger partial charge < -0.3 is 4.74 Å². The van der Waals surface area contributed by atoms with E-state index in [-0.39, 0.29) is 39.1 Å². The van der Waals surface area contributed by atoms with Crippen LogP contribution in [-0.2, 0) is 21.2 Å². The van der Waals surface area contributed by atoms with Gasteiger partial charge in [0.2, 0.25) is 0 Å². The van der Waals surface area contributed by atoms with Crippen molar-refractivity contribution in [3.63, 3.8) is 0 Å².